The average Bonchev–Trinajstić information content (AvgIpc) is 3.15. The smallest absolute Gasteiger partial charge is 0.295 e. The lowest BCUT2D eigenvalue weighted by molar-refractivity contribution is -0.384. The highest BCUT2D eigenvalue weighted by Gasteiger charge is 2.45. The van der Waals surface area contributed by atoms with E-state index in [0.29, 0.717) is 18.5 Å². The summed E-state index contributed by atoms with van der Waals surface area (Å²) in [5.74, 6) is -1.99. The highest BCUT2D eigenvalue weighted by molar-refractivity contribution is 6.46. The first-order valence-corrected chi connectivity index (χ1v) is 12.8. The van der Waals surface area contributed by atoms with Gasteiger partial charge in [-0.05, 0) is 56.6 Å². The molecular formula is C28H35N3O6. The molecule has 1 aliphatic heterocycles. The van der Waals surface area contributed by atoms with E-state index in [9.17, 15) is 29.9 Å². The number of rotatable bonds is 13. The van der Waals surface area contributed by atoms with Crippen LogP contribution < -0.4 is 0 Å². The van der Waals surface area contributed by atoms with Gasteiger partial charge in [-0.25, -0.2) is 0 Å². The van der Waals surface area contributed by atoms with E-state index in [4.69, 9.17) is 0 Å². The molecule has 9 heteroatoms. The second-order valence-corrected chi connectivity index (χ2v) is 9.29. The molecule has 9 nitrogen and oxygen atoms in total. The van der Waals surface area contributed by atoms with Gasteiger partial charge in [-0.2, -0.15) is 0 Å². The Hall–Kier alpha value is -3.72. The first-order valence-electron chi connectivity index (χ1n) is 12.8. The molecule has 2 N–H and O–H groups in total. The van der Waals surface area contributed by atoms with Gasteiger partial charge >= 0.3 is 0 Å². The highest BCUT2D eigenvalue weighted by atomic mass is 16.6. The third-order valence-corrected chi connectivity index (χ3v) is 6.61. The number of non-ortho nitro benzene ring substituents is 1. The van der Waals surface area contributed by atoms with E-state index in [1.54, 1.807) is 12.1 Å². The number of unbranched alkanes of at least 4 members (excludes halogenated alkanes) is 2. The first-order chi connectivity index (χ1) is 17.8. The number of likely N-dealkylation sites (tertiary alicyclic amines) is 1. The number of nitro benzene ring substituents is 1. The van der Waals surface area contributed by atoms with Crippen molar-refractivity contribution in [1.29, 1.82) is 0 Å². The van der Waals surface area contributed by atoms with E-state index in [0.717, 1.165) is 45.3 Å². The first kappa shape index (κ1) is 27.9. The topological polar surface area (TPSA) is 124 Å². The van der Waals surface area contributed by atoms with Gasteiger partial charge in [0, 0.05) is 24.2 Å². The monoisotopic (exact) mass is 509 g/mol. The number of aromatic hydroxyl groups is 1. The minimum Gasteiger partial charge on any atom is -0.508 e. The van der Waals surface area contributed by atoms with Gasteiger partial charge in [0.2, 0.25) is 0 Å². The number of nitro groups is 1. The minimum absolute atomic E-state index is 0.0295. The molecule has 1 aliphatic rings. The van der Waals surface area contributed by atoms with Crippen molar-refractivity contribution >= 4 is 23.1 Å². The number of hydrogen-bond acceptors (Lipinski definition) is 7. The summed E-state index contributed by atoms with van der Waals surface area (Å²) in [6.07, 6.45) is 5.01. The molecule has 2 aromatic carbocycles. The van der Waals surface area contributed by atoms with Crippen molar-refractivity contribution in [2.75, 3.05) is 26.2 Å². The molecule has 0 bridgehead atoms. The summed E-state index contributed by atoms with van der Waals surface area (Å²) in [4.78, 5) is 40.8. The number of aliphatic hydroxyl groups is 1. The van der Waals surface area contributed by atoms with Crippen molar-refractivity contribution in [3.05, 3.63) is 75.3 Å². The predicted molar refractivity (Wildman–Crippen MR) is 141 cm³/mol. The zero-order chi connectivity index (χ0) is 26.9. The van der Waals surface area contributed by atoms with Gasteiger partial charge in [0.1, 0.15) is 11.5 Å². The Morgan fingerprint density at radius 1 is 1.00 bits per heavy atom. The quantitative estimate of drug-likeness (QED) is 0.128. The summed E-state index contributed by atoms with van der Waals surface area (Å²) >= 11 is 0. The van der Waals surface area contributed by atoms with Crippen LogP contribution in [-0.2, 0) is 9.59 Å². The van der Waals surface area contributed by atoms with Gasteiger partial charge in [-0.3, -0.25) is 19.7 Å². The zero-order valence-corrected chi connectivity index (χ0v) is 21.4. The molecule has 1 saturated heterocycles. The molecule has 3 rings (SSSR count). The van der Waals surface area contributed by atoms with Crippen LogP contribution in [0.4, 0.5) is 5.69 Å². The van der Waals surface area contributed by atoms with Crippen molar-refractivity contribution in [2.24, 2.45) is 0 Å². The Bertz CT molecular complexity index is 1140. The van der Waals surface area contributed by atoms with E-state index in [1.165, 1.54) is 41.3 Å². The van der Waals surface area contributed by atoms with Crippen molar-refractivity contribution in [1.82, 2.24) is 9.80 Å². The molecule has 1 heterocycles. The summed E-state index contributed by atoms with van der Waals surface area (Å²) in [5.41, 5.74) is 0.280. The third-order valence-electron chi connectivity index (χ3n) is 6.61. The Morgan fingerprint density at radius 2 is 1.62 bits per heavy atom. The molecule has 2 aromatic rings. The van der Waals surface area contributed by atoms with E-state index in [2.05, 4.69) is 18.7 Å². The molecule has 0 aliphatic carbocycles. The van der Waals surface area contributed by atoms with Gasteiger partial charge < -0.3 is 20.0 Å². The number of Topliss-reactive ketones (excluding diaryl/α,β-unsaturated/α-hetero) is 1. The van der Waals surface area contributed by atoms with Crippen LogP contribution in [0.3, 0.4) is 0 Å². The van der Waals surface area contributed by atoms with Crippen molar-refractivity contribution < 1.29 is 24.7 Å². The van der Waals surface area contributed by atoms with Crippen molar-refractivity contribution in [3.8, 4) is 5.75 Å². The molecule has 37 heavy (non-hydrogen) atoms. The second kappa shape index (κ2) is 13.0. The van der Waals surface area contributed by atoms with Crippen LogP contribution >= 0.6 is 0 Å². The van der Waals surface area contributed by atoms with Crippen LogP contribution in [0, 0.1) is 10.1 Å². The normalized spacial score (nSPS) is 17.1. The number of phenols is 1. The number of phenolic OH excluding ortho intramolecular Hbond substituents is 1. The number of nitrogens with zero attached hydrogens (tertiary/aromatic N) is 3. The molecule has 198 valence electrons. The Labute approximate surface area is 217 Å². The SMILES string of the molecule is CCCCN(CCCC)CCCN1C(=O)C(=O)C(=C(O)c2cccc([N+](=O)[O-])c2)[C@H]1c1ccc(O)cc1. The molecule has 0 spiro atoms. The maximum atomic E-state index is 13.2. The lowest BCUT2D eigenvalue weighted by atomic mass is 9.95. The zero-order valence-electron chi connectivity index (χ0n) is 21.4. The lowest BCUT2D eigenvalue weighted by Crippen LogP contribution is -2.34. The van der Waals surface area contributed by atoms with Crippen LogP contribution in [0.1, 0.15) is 63.1 Å². The third kappa shape index (κ3) is 6.74. The number of benzene rings is 2. The predicted octanol–water partition coefficient (Wildman–Crippen LogP) is 5.01. The molecular weight excluding hydrogens is 474 g/mol. The van der Waals surface area contributed by atoms with Crippen molar-refractivity contribution in [3.63, 3.8) is 0 Å². The molecule has 1 amide bonds. The molecule has 0 saturated carbocycles. The lowest BCUT2D eigenvalue weighted by Gasteiger charge is -2.27. The number of carbonyl (C=O) groups is 2. The standard InChI is InChI=1S/C28H35N3O6/c1-3-5-15-29(16-6-4-2)17-8-18-30-25(20-11-13-23(32)14-12-20)24(27(34)28(30)35)26(33)21-9-7-10-22(19-21)31(36)37/h7,9-14,19,25,32-33H,3-6,8,15-18H2,1-2H3/t25-/m1/s1. The fourth-order valence-electron chi connectivity index (χ4n) is 4.60. The fraction of sp³-hybridized carbons (Fsp3) is 0.429. The van der Waals surface area contributed by atoms with Crippen LogP contribution in [0.2, 0.25) is 0 Å². The number of ketones is 1. The van der Waals surface area contributed by atoms with Gasteiger partial charge in [-0.1, -0.05) is 51.0 Å². The summed E-state index contributed by atoms with van der Waals surface area (Å²) in [6.45, 7) is 7.33. The average molecular weight is 510 g/mol. The molecule has 1 fully saturated rings. The number of amides is 1. The molecule has 0 aromatic heterocycles. The summed E-state index contributed by atoms with van der Waals surface area (Å²) in [7, 11) is 0. The van der Waals surface area contributed by atoms with E-state index in [-0.39, 0.29) is 22.6 Å². The maximum Gasteiger partial charge on any atom is 0.295 e. The Kier molecular flexibility index (Phi) is 9.79. The van der Waals surface area contributed by atoms with E-state index >= 15 is 0 Å². The fourth-order valence-corrected chi connectivity index (χ4v) is 4.60. The van der Waals surface area contributed by atoms with Crippen LogP contribution in [-0.4, -0.2) is 62.8 Å². The number of carbonyl (C=O) groups excluding carboxylic acids is 2. The summed E-state index contributed by atoms with van der Waals surface area (Å²) in [5, 5.41) is 32.1. The van der Waals surface area contributed by atoms with Crippen molar-refractivity contribution in [2.45, 2.75) is 52.0 Å². The largest absolute Gasteiger partial charge is 0.508 e. The molecule has 1 atom stereocenters. The van der Waals surface area contributed by atoms with Gasteiger partial charge in [0.15, 0.2) is 0 Å². The van der Waals surface area contributed by atoms with Crippen LogP contribution in [0.5, 0.6) is 5.75 Å². The minimum atomic E-state index is -0.875. The van der Waals surface area contributed by atoms with E-state index < -0.39 is 28.4 Å². The molecule has 0 radical (unpaired) electrons. The van der Waals surface area contributed by atoms with Crippen LogP contribution in [0.25, 0.3) is 5.76 Å². The highest BCUT2D eigenvalue weighted by Crippen LogP contribution is 2.40. The van der Waals surface area contributed by atoms with Crippen LogP contribution in [0.15, 0.2) is 54.1 Å². The Morgan fingerprint density at radius 3 is 2.22 bits per heavy atom. The summed E-state index contributed by atoms with van der Waals surface area (Å²) in [6, 6.07) is 10.6. The van der Waals surface area contributed by atoms with Gasteiger partial charge in [0.05, 0.1) is 16.5 Å². The summed E-state index contributed by atoms with van der Waals surface area (Å²) < 4.78 is 0. The van der Waals surface area contributed by atoms with Gasteiger partial charge in [-0.15, -0.1) is 0 Å². The number of hydrogen-bond donors (Lipinski definition) is 2. The molecule has 0 unspecified atom stereocenters. The second-order valence-electron chi connectivity index (χ2n) is 9.29. The maximum absolute atomic E-state index is 13.2. The van der Waals surface area contributed by atoms with E-state index in [1.807, 2.05) is 0 Å². The Balaban J connectivity index is 1.95. The van der Waals surface area contributed by atoms with Gasteiger partial charge in [0.25, 0.3) is 17.4 Å². The number of aliphatic hydroxyl groups excluding tert-OH is 1.